The van der Waals surface area contributed by atoms with Crippen LogP contribution in [0.4, 0.5) is 0 Å². The summed E-state index contributed by atoms with van der Waals surface area (Å²) in [6.07, 6.45) is -0.0228. The van der Waals surface area contributed by atoms with E-state index in [4.69, 9.17) is 5.53 Å². The number of amides is 1. The Kier molecular flexibility index (Phi) is 9.20. The van der Waals surface area contributed by atoms with Gasteiger partial charge < -0.3 is 15.2 Å². The number of aromatic nitrogens is 1. The van der Waals surface area contributed by atoms with E-state index in [9.17, 15) is 14.7 Å². The summed E-state index contributed by atoms with van der Waals surface area (Å²) in [5.41, 5.74) is 8.87. The average Bonchev–Trinajstić information content (AvgIpc) is 3.14. The van der Waals surface area contributed by atoms with Crippen molar-refractivity contribution in [2.75, 3.05) is 7.11 Å². The molecule has 0 saturated carbocycles. The van der Waals surface area contributed by atoms with Crippen LogP contribution in [0.2, 0.25) is 0 Å². The normalized spacial score (nSPS) is 15.4. The van der Waals surface area contributed by atoms with Crippen LogP contribution in [0.15, 0.2) is 10.5 Å². The maximum atomic E-state index is 12.6. The fourth-order valence-corrected chi connectivity index (χ4v) is 3.24. The summed E-state index contributed by atoms with van der Waals surface area (Å²) < 4.78 is 4.61. The zero-order chi connectivity index (χ0) is 20.6. The molecular formula is C17H27N5O4S. The standard InChI is InChI=1S/C17H27N5O4S/c1-6-10(4)14(21-22-18)15(24)19-11(9(2)3)7-13(23)16-20-12(8-27-16)17(25)26-5/h8-11,13-14,23H,6-7H2,1-5H3,(H,19,24)/t10-,11+,13+,14+/m0/s1. The number of carbonyl (C=O) groups excluding carboxylic acids is 2. The Hall–Kier alpha value is -2.16. The number of methoxy groups -OCH3 is 1. The highest BCUT2D eigenvalue weighted by atomic mass is 32.1. The van der Waals surface area contributed by atoms with Gasteiger partial charge in [0.2, 0.25) is 5.91 Å². The number of nitrogens with one attached hydrogen (secondary N) is 1. The van der Waals surface area contributed by atoms with Crippen LogP contribution in [-0.2, 0) is 9.53 Å². The smallest absolute Gasteiger partial charge is 0.357 e. The zero-order valence-corrected chi connectivity index (χ0v) is 17.1. The van der Waals surface area contributed by atoms with E-state index in [1.54, 1.807) is 0 Å². The molecule has 0 saturated heterocycles. The third-order valence-electron chi connectivity index (χ3n) is 4.44. The maximum Gasteiger partial charge on any atom is 0.357 e. The molecule has 0 unspecified atom stereocenters. The highest BCUT2D eigenvalue weighted by Crippen LogP contribution is 2.25. The van der Waals surface area contributed by atoms with Crippen LogP contribution >= 0.6 is 11.3 Å². The number of ether oxygens (including phenoxy) is 1. The molecular weight excluding hydrogens is 370 g/mol. The van der Waals surface area contributed by atoms with E-state index in [-0.39, 0.29) is 35.9 Å². The summed E-state index contributed by atoms with van der Waals surface area (Å²) in [4.78, 5) is 30.9. The summed E-state index contributed by atoms with van der Waals surface area (Å²) in [6, 6.07) is -1.15. The number of aliphatic hydroxyl groups is 1. The lowest BCUT2D eigenvalue weighted by molar-refractivity contribution is -0.124. The fourth-order valence-electron chi connectivity index (χ4n) is 2.45. The second kappa shape index (κ2) is 10.9. The van der Waals surface area contributed by atoms with Gasteiger partial charge >= 0.3 is 5.97 Å². The minimum absolute atomic E-state index is 0.0345. The van der Waals surface area contributed by atoms with E-state index in [0.29, 0.717) is 11.4 Å². The number of rotatable bonds is 10. The molecule has 27 heavy (non-hydrogen) atoms. The van der Waals surface area contributed by atoms with Crippen molar-refractivity contribution >= 4 is 23.2 Å². The van der Waals surface area contributed by atoms with Gasteiger partial charge in [-0.2, -0.15) is 0 Å². The SMILES string of the molecule is CC[C@H](C)[C@@H](N=[N+]=[N-])C(=O)N[C@H](C[C@@H](O)c1nc(C(=O)OC)cs1)C(C)C. The van der Waals surface area contributed by atoms with Crippen molar-refractivity contribution in [2.45, 2.75) is 58.7 Å². The number of hydrogen-bond acceptors (Lipinski definition) is 7. The number of hydrogen-bond donors (Lipinski definition) is 2. The molecule has 0 aliphatic carbocycles. The van der Waals surface area contributed by atoms with Crippen molar-refractivity contribution in [3.05, 3.63) is 26.5 Å². The molecule has 0 fully saturated rings. The van der Waals surface area contributed by atoms with Crippen molar-refractivity contribution < 1.29 is 19.4 Å². The Morgan fingerprint density at radius 3 is 2.63 bits per heavy atom. The van der Waals surface area contributed by atoms with Crippen LogP contribution in [0.1, 0.15) is 62.1 Å². The van der Waals surface area contributed by atoms with Crippen molar-refractivity contribution in [2.24, 2.45) is 17.0 Å². The minimum Gasteiger partial charge on any atom is -0.464 e. The van der Waals surface area contributed by atoms with E-state index in [0.717, 1.165) is 11.3 Å². The third kappa shape index (κ3) is 6.50. The van der Waals surface area contributed by atoms with Gasteiger partial charge in [-0.15, -0.1) is 11.3 Å². The molecule has 4 atom stereocenters. The molecule has 1 aromatic rings. The average molecular weight is 398 g/mol. The second-order valence-electron chi connectivity index (χ2n) is 6.71. The minimum atomic E-state index is -0.942. The van der Waals surface area contributed by atoms with Gasteiger partial charge in [0.05, 0.1) is 7.11 Å². The Balaban J connectivity index is 2.86. The van der Waals surface area contributed by atoms with Crippen LogP contribution in [-0.4, -0.2) is 41.2 Å². The Morgan fingerprint density at radius 2 is 2.11 bits per heavy atom. The molecule has 0 spiro atoms. The lowest BCUT2D eigenvalue weighted by atomic mass is 9.95. The Bertz CT molecular complexity index is 687. The van der Waals surface area contributed by atoms with E-state index in [2.05, 4.69) is 25.1 Å². The predicted molar refractivity (Wildman–Crippen MR) is 102 cm³/mol. The van der Waals surface area contributed by atoms with E-state index in [1.807, 2.05) is 27.7 Å². The van der Waals surface area contributed by atoms with Gasteiger partial charge in [0.1, 0.15) is 17.2 Å². The molecule has 0 aliphatic rings. The van der Waals surface area contributed by atoms with Gasteiger partial charge in [-0.1, -0.05) is 39.2 Å². The van der Waals surface area contributed by atoms with Gasteiger partial charge in [-0.25, -0.2) is 9.78 Å². The number of nitrogens with zero attached hydrogens (tertiary/aromatic N) is 4. The zero-order valence-electron chi connectivity index (χ0n) is 16.2. The first-order chi connectivity index (χ1) is 12.7. The quantitative estimate of drug-likeness (QED) is 0.270. The second-order valence-corrected chi connectivity index (χ2v) is 7.60. The number of thiazole rings is 1. The summed E-state index contributed by atoms with van der Waals surface area (Å²) >= 11 is 1.16. The van der Waals surface area contributed by atoms with Crippen molar-refractivity contribution in [3.63, 3.8) is 0 Å². The molecule has 150 valence electrons. The first-order valence-corrected chi connectivity index (χ1v) is 9.69. The third-order valence-corrected chi connectivity index (χ3v) is 5.38. The first kappa shape index (κ1) is 22.9. The largest absolute Gasteiger partial charge is 0.464 e. The van der Waals surface area contributed by atoms with Crippen molar-refractivity contribution in [1.82, 2.24) is 10.3 Å². The van der Waals surface area contributed by atoms with Crippen LogP contribution < -0.4 is 5.32 Å². The molecule has 1 rings (SSSR count). The molecule has 0 radical (unpaired) electrons. The Morgan fingerprint density at radius 1 is 1.44 bits per heavy atom. The molecule has 1 heterocycles. The number of aliphatic hydroxyl groups excluding tert-OH is 1. The lowest BCUT2D eigenvalue weighted by Gasteiger charge is -2.27. The van der Waals surface area contributed by atoms with E-state index in [1.165, 1.54) is 12.5 Å². The summed E-state index contributed by atoms with van der Waals surface area (Å²) in [6.45, 7) is 7.61. The molecule has 1 amide bonds. The number of azide groups is 1. The van der Waals surface area contributed by atoms with Crippen LogP contribution in [0.5, 0.6) is 0 Å². The van der Waals surface area contributed by atoms with Gasteiger partial charge in [-0.3, -0.25) is 4.79 Å². The monoisotopic (exact) mass is 397 g/mol. The summed E-state index contributed by atoms with van der Waals surface area (Å²) in [7, 11) is 1.26. The molecule has 0 aliphatic heterocycles. The molecule has 0 bridgehead atoms. The summed E-state index contributed by atoms with van der Waals surface area (Å²) in [5, 5.41) is 18.9. The molecule has 10 heteroatoms. The first-order valence-electron chi connectivity index (χ1n) is 8.81. The molecule has 1 aromatic heterocycles. The molecule has 9 nitrogen and oxygen atoms in total. The number of esters is 1. The van der Waals surface area contributed by atoms with Crippen molar-refractivity contribution in [1.29, 1.82) is 0 Å². The lowest BCUT2D eigenvalue weighted by Crippen LogP contribution is -2.45. The molecule has 2 N–H and O–H groups in total. The Labute approximate surface area is 162 Å². The van der Waals surface area contributed by atoms with E-state index >= 15 is 0 Å². The van der Waals surface area contributed by atoms with E-state index < -0.39 is 18.1 Å². The van der Waals surface area contributed by atoms with Crippen molar-refractivity contribution in [3.8, 4) is 0 Å². The predicted octanol–water partition coefficient (Wildman–Crippen LogP) is 3.22. The van der Waals surface area contributed by atoms with Gasteiger partial charge in [0.25, 0.3) is 0 Å². The topological polar surface area (TPSA) is 137 Å². The maximum absolute atomic E-state index is 12.6. The fraction of sp³-hybridized carbons (Fsp3) is 0.706. The van der Waals surface area contributed by atoms with Gasteiger partial charge in [-0.05, 0) is 17.4 Å². The highest BCUT2D eigenvalue weighted by molar-refractivity contribution is 7.09. The summed E-state index contributed by atoms with van der Waals surface area (Å²) in [5.74, 6) is -0.987. The van der Waals surface area contributed by atoms with Crippen LogP contribution in [0.3, 0.4) is 0 Å². The van der Waals surface area contributed by atoms with Gasteiger partial charge in [0, 0.05) is 22.8 Å². The highest BCUT2D eigenvalue weighted by Gasteiger charge is 2.28. The number of carbonyl (C=O) groups is 2. The van der Waals surface area contributed by atoms with Gasteiger partial charge in [0.15, 0.2) is 5.69 Å². The van der Waals surface area contributed by atoms with Crippen LogP contribution in [0.25, 0.3) is 10.4 Å². The molecule has 0 aromatic carbocycles. The van der Waals surface area contributed by atoms with Crippen LogP contribution in [0, 0.1) is 11.8 Å².